The van der Waals surface area contributed by atoms with Crippen molar-refractivity contribution in [3.8, 4) is 5.75 Å². The Kier molecular flexibility index (Phi) is 4.32. The van der Waals surface area contributed by atoms with Gasteiger partial charge in [-0.25, -0.2) is 0 Å². The maximum Gasteiger partial charge on any atom is 0.136 e. The Balaban J connectivity index is 1.73. The zero-order chi connectivity index (χ0) is 14.8. The van der Waals surface area contributed by atoms with E-state index in [0.717, 1.165) is 50.4 Å². The summed E-state index contributed by atoms with van der Waals surface area (Å²) in [6.45, 7) is 5.37. The predicted octanol–water partition coefficient (Wildman–Crippen LogP) is 4.58. The third-order valence-corrected chi connectivity index (χ3v) is 5.40. The zero-order valence-electron chi connectivity index (χ0n) is 13.2. The van der Waals surface area contributed by atoms with Crippen molar-refractivity contribution in [3.05, 3.63) is 29.8 Å². The number of fused-ring (bicyclic) bond motifs is 1. The van der Waals surface area contributed by atoms with Crippen LogP contribution in [0.4, 0.5) is 0 Å². The molecule has 114 valence electrons. The fourth-order valence-corrected chi connectivity index (χ4v) is 3.98. The first kappa shape index (κ1) is 14.6. The van der Waals surface area contributed by atoms with Crippen LogP contribution in [0.15, 0.2) is 24.3 Å². The molecule has 0 radical (unpaired) electrons. The molecule has 2 nitrogen and oxygen atoms in total. The van der Waals surface area contributed by atoms with Crippen molar-refractivity contribution in [3.63, 3.8) is 0 Å². The molecule has 0 N–H and O–H groups in total. The van der Waals surface area contributed by atoms with Gasteiger partial charge in [0.15, 0.2) is 0 Å². The normalized spacial score (nSPS) is 29.1. The lowest BCUT2D eigenvalue weighted by Crippen LogP contribution is -2.29. The van der Waals surface area contributed by atoms with Gasteiger partial charge in [-0.3, -0.25) is 4.79 Å². The summed E-state index contributed by atoms with van der Waals surface area (Å²) in [7, 11) is 0. The molecule has 1 aromatic rings. The molecule has 3 atom stereocenters. The molecule has 1 heterocycles. The number of benzene rings is 1. The average Bonchev–Trinajstić information content (AvgIpc) is 2.49. The first-order valence-corrected chi connectivity index (χ1v) is 8.39. The summed E-state index contributed by atoms with van der Waals surface area (Å²) in [5, 5.41) is 0. The number of hydrogen-bond acceptors (Lipinski definition) is 2. The molecule has 2 aliphatic rings. The molecule has 0 aromatic heterocycles. The highest BCUT2D eigenvalue weighted by atomic mass is 16.5. The van der Waals surface area contributed by atoms with Crippen LogP contribution in [0.5, 0.6) is 5.75 Å². The van der Waals surface area contributed by atoms with Crippen LogP contribution < -0.4 is 4.74 Å². The van der Waals surface area contributed by atoms with E-state index in [1.54, 1.807) is 0 Å². The van der Waals surface area contributed by atoms with Crippen LogP contribution >= 0.6 is 0 Å². The van der Waals surface area contributed by atoms with Gasteiger partial charge in [-0.15, -0.1) is 0 Å². The first-order chi connectivity index (χ1) is 10.1. The standard InChI is InChI=1S/C19H26O2/c1-13(2)14-7-8-18(20)16(11-14)12-15-9-10-21-19-6-4-3-5-17(15)19/h3-6,13-16H,7-12H2,1-2H3. The highest BCUT2D eigenvalue weighted by Crippen LogP contribution is 2.41. The van der Waals surface area contributed by atoms with Crippen LogP contribution in [-0.4, -0.2) is 12.4 Å². The largest absolute Gasteiger partial charge is 0.493 e. The second kappa shape index (κ2) is 6.21. The molecular formula is C19H26O2. The van der Waals surface area contributed by atoms with Crippen molar-refractivity contribution in [1.29, 1.82) is 0 Å². The van der Waals surface area contributed by atoms with Crippen molar-refractivity contribution >= 4 is 5.78 Å². The topological polar surface area (TPSA) is 26.3 Å². The van der Waals surface area contributed by atoms with Gasteiger partial charge in [-0.05, 0) is 55.1 Å². The highest BCUT2D eigenvalue weighted by molar-refractivity contribution is 5.81. The number of ether oxygens (including phenoxy) is 1. The van der Waals surface area contributed by atoms with E-state index in [9.17, 15) is 4.79 Å². The third kappa shape index (κ3) is 3.14. The van der Waals surface area contributed by atoms with Gasteiger partial charge in [-0.2, -0.15) is 0 Å². The number of ketones is 1. The lowest BCUT2D eigenvalue weighted by molar-refractivity contribution is -0.126. The van der Waals surface area contributed by atoms with Gasteiger partial charge in [0.2, 0.25) is 0 Å². The minimum Gasteiger partial charge on any atom is -0.493 e. The molecule has 1 fully saturated rings. The second-order valence-corrected chi connectivity index (χ2v) is 7.05. The SMILES string of the molecule is CC(C)C1CCC(=O)C(CC2CCOc3ccccc32)C1. The number of carbonyl (C=O) groups is 1. The molecule has 3 rings (SSSR count). The summed E-state index contributed by atoms with van der Waals surface area (Å²) in [6, 6.07) is 8.34. The minimum atomic E-state index is 0.266. The van der Waals surface area contributed by atoms with Crippen molar-refractivity contribution in [2.75, 3.05) is 6.61 Å². The summed E-state index contributed by atoms with van der Waals surface area (Å²) >= 11 is 0. The van der Waals surface area contributed by atoms with Crippen molar-refractivity contribution < 1.29 is 9.53 Å². The van der Waals surface area contributed by atoms with E-state index in [2.05, 4.69) is 32.0 Å². The van der Waals surface area contributed by atoms with Crippen LogP contribution in [0.1, 0.15) is 57.4 Å². The van der Waals surface area contributed by atoms with Gasteiger partial charge in [0.1, 0.15) is 11.5 Å². The Morgan fingerprint density at radius 1 is 1.19 bits per heavy atom. The zero-order valence-corrected chi connectivity index (χ0v) is 13.2. The van der Waals surface area contributed by atoms with Gasteiger partial charge in [0, 0.05) is 12.3 Å². The summed E-state index contributed by atoms with van der Waals surface area (Å²) in [4.78, 5) is 12.3. The van der Waals surface area contributed by atoms with Gasteiger partial charge in [0.05, 0.1) is 6.61 Å². The van der Waals surface area contributed by atoms with Crippen LogP contribution in [-0.2, 0) is 4.79 Å². The number of Topliss-reactive ketones (excluding diaryl/α,β-unsaturated/α-hetero) is 1. The number of para-hydroxylation sites is 1. The number of carbonyl (C=O) groups excluding carboxylic acids is 1. The van der Waals surface area contributed by atoms with Crippen LogP contribution in [0, 0.1) is 17.8 Å². The lowest BCUT2D eigenvalue weighted by Gasteiger charge is -2.34. The monoisotopic (exact) mass is 286 g/mol. The maximum absolute atomic E-state index is 12.3. The summed E-state index contributed by atoms with van der Waals surface area (Å²) in [5.41, 5.74) is 1.31. The van der Waals surface area contributed by atoms with Gasteiger partial charge >= 0.3 is 0 Å². The smallest absolute Gasteiger partial charge is 0.136 e. The average molecular weight is 286 g/mol. The van der Waals surface area contributed by atoms with E-state index < -0.39 is 0 Å². The van der Waals surface area contributed by atoms with Gasteiger partial charge in [0.25, 0.3) is 0 Å². The van der Waals surface area contributed by atoms with Gasteiger partial charge in [-0.1, -0.05) is 32.0 Å². The van der Waals surface area contributed by atoms with Crippen LogP contribution in [0.25, 0.3) is 0 Å². The highest BCUT2D eigenvalue weighted by Gasteiger charge is 2.33. The Labute approximate surface area is 127 Å². The molecule has 1 aliphatic heterocycles. The molecular weight excluding hydrogens is 260 g/mol. The quantitative estimate of drug-likeness (QED) is 0.812. The lowest BCUT2D eigenvalue weighted by atomic mass is 9.71. The molecule has 0 spiro atoms. The first-order valence-electron chi connectivity index (χ1n) is 8.39. The summed E-state index contributed by atoms with van der Waals surface area (Å²) in [5.74, 6) is 3.70. The third-order valence-electron chi connectivity index (χ3n) is 5.40. The molecule has 2 heteroatoms. The maximum atomic E-state index is 12.3. The molecule has 1 saturated carbocycles. The van der Waals surface area contributed by atoms with Crippen molar-refractivity contribution in [1.82, 2.24) is 0 Å². The molecule has 21 heavy (non-hydrogen) atoms. The van der Waals surface area contributed by atoms with Crippen molar-refractivity contribution in [2.45, 2.75) is 51.9 Å². The molecule has 3 unspecified atom stereocenters. The minimum absolute atomic E-state index is 0.266. The molecule has 0 amide bonds. The van der Waals surface area contributed by atoms with E-state index in [4.69, 9.17) is 4.74 Å². The summed E-state index contributed by atoms with van der Waals surface area (Å²) in [6.07, 6.45) is 5.04. The Morgan fingerprint density at radius 2 is 2.00 bits per heavy atom. The van der Waals surface area contributed by atoms with Crippen LogP contribution in [0.2, 0.25) is 0 Å². The van der Waals surface area contributed by atoms with E-state index in [1.165, 1.54) is 5.56 Å². The van der Waals surface area contributed by atoms with E-state index in [0.29, 0.717) is 17.6 Å². The fourth-order valence-electron chi connectivity index (χ4n) is 3.98. The van der Waals surface area contributed by atoms with E-state index in [1.807, 2.05) is 6.07 Å². The Morgan fingerprint density at radius 3 is 2.81 bits per heavy atom. The van der Waals surface area contributed by atoms with Crippen molar-refractivity contribution in [2.24, 2.45) is 17.8 Å². The fraction of sp³-hybridized carbons (Fsp3) is 0.632. The van der Waals surface area contributed by atoms with Crippen LogP contribution in [0.3, 0.4) is 0 Å². The predicted molar refractivity (Wildman–Crippen MR) is 84.6 cm³/mol. The molecule has 1 aromatic carbocycles. The molecule has 0 saturated heterocycles. The van der Waals surface area contributed by atoms with Gasteiger partial charge < -0.3 is 4.74 Å². The molecule has 1 aliphatic carbocycles. The number of rotatable bonds is 3. The van der Waals surface area contributed by atoms with E-state index >= 15 is 0 Å². The second-order valence-electron chi connectivity index (χ2n) is 7.05. The molecule has 0 bridgehead atoms. The Hall–Kier alpha value is -1.31. The number of hydrogen-bond donors (Lipinski definition) is 0. The Bertz CT molecular complexity index is 506. The summed E-state index contributed by atoms with van der Waals surface area (Å²) < 4.78 is 5.74. The van der Waals surface area contributed by atoms with E-state index in [-0.39, 0.29) is 5.92 Å².